The SMILES string of the molecule is O=C(Nc1nc(-c2cccnc2Cl)ns1)OCc1ccccc1. The number of pyridine rings is 1. The van der Waals surface area contributed by atoms with Gasteiger partial charge in [-0.05, 0) is 17.7 Å². The van der Waals surface area contributed by atoms with Gasteiger partial charge in [0.25, 0.3) is 0 Å². The molecule has 1 amide bonds. The lowest BCUT2D eigenvalue weighted by Crippen LogP contribution is -2.13. The first-order chi connectivity index (χ1) is 11.2. The molecular formula is C15H11ClN4O2S. The Balaban J connectivity index is 1.61. The molecule has 23 heavy (non-hydrogen) atoms. The number of amides is 1. The fraction of sp³-hybridized carbons (Fsp3) is 0.0667. The van der Waals surface area contributed by atoms with Crippen LogP contribution in [0.3, 0.4) is 0 Å². The third-order valence-corrected chi connectivity index (χ3v) is 3.78. The summed E-state index contributed by atoms with van der Waals surface area (Å²) in [6, 6.07) is 12.9. The van der Waals surface area contributed by atoms with E-state index in [2.05, 4.69) is 19.7 Å². The summed E-state index contributed by atoms with van der Waals surface area (Å²) in [7, 11) is 0. The summed E-state index contributed by atoms with van der Waals surface area (Å²) in [6.45, 7) is 0.187. The third kappa shape index (κ3) is 4.02. The zero-order valence-electron chi connectivity index (χ0n) is 11.8. The van der Waals surface area contributed by atoms with Gasteiger partial charge in [-0.2, -0.15) is 9.36 Å². The van der Waals surface area contributed by atoms with Crippen LogP contribution < -0.4 is 5.32 Å². The van der Waals surface area contributed by atoms with Gasteiger partial charge in [0.15, 0.2) is 5.82 Å². The van der Waals surface area contributed by atoms with Crippen molar-refractivity contribution < 1.29 is 9.53 Å². The highest BCUT2D eigenvalue weighted by molar-refractivity contribution is 7.10. The molecular weight excluding hydrogens is 336 g/mol. The van der Waals surface area contributed by atoms with Gasteiger partial charge in [-0.1, -0.05) is 41.9 Å². The first-order valence-corrected chi connectivity index (χ1v) is 7.80. The number of halogens is 1. The van der Waals surface area contributed by atoms with E-state index in [9.17, 15) is 4.79 Å². The molecule has 0 saturated carbocycles. The van der Waals surface area contributed by atoms with Gasteiger partial charge in [-0.25, -0.2) is 9.78 Å². The van der Waals surface area contributed by atoms with Gasteiger partial charge < -0.3 is 4.74 Å². The fourth-order valence-corrected chi connectivity index (χ4v) is 2.56. The molecule has 0 aliphatic carbocycles. The molecule has 2 aromatic heterocycles. The number of anilines is 1. The molecule has 0 fully saturated rings. The van der Waals surface area contributed by atoms with Crippen molar-refractivity contribution in [2.45, 2.75) is 6.61 Å². The zero-order chi connectivity index (χ0) is 16.1. The Bertz CT molecular complexity index is 810. The minimum absolute atomic E-state index is 0.187. The lowest BCUT2D eigenvalue weighted by Gasteiger charge is -2.04. The van der Waals surface area contributed by atoms with Gasteiger partial charge in [0.2, 0.25) is 5.13 Å². The van der Waals surface area contributed by atoms with E-state index in [1.54, 1.807) is 18.3 Å². The van der Waals surface area contributed by atoms with Crippen molar-refractivity contribution in [3.8, 4) is 11.4 Å². The van der Waals surface area contributed by atoms with Crippen molar-refractivity contribution in [1.29, 1.82) is 0 Å². The lowest BCUT2D eigenvalue weighted by atomic mass is 10.2. The Morgan fingerprint density at radius 3 is 2.83 bits per heavy atom. The average molecular weight is 347 g/mol. The highest BCUT2D eigenvalue weighted by atomic mass is 35.5. The quantitative estimate of drug-likeness (QED) is 0.722. The highest BCUT2D eigenvalue weighted by Crippen LogP contribution is 2.26. The summed E-state index contributed by atoms with van der Waals surface area (Å²) in [5.41, 5.74) is 1.51. The number of ether oxygens (including phenoxy) is 1. The number of carbonyl (C=O) groups excluding carboxylic acids is 1. The summed E-state index contributed by atoms with van der Waals surface area (Å²) < 4.78 is 9.28. The first kappa shape index (κ1) is 15.4. The third-order valence-electron chi connectivity index (χ3n) is 2.85. The van der Waals surface area contributed by atoms with Crippen LogP contribution in [0, 0.1) is 0 Å². The van der Waals surface area contributed by atoms with Crippen molar-refractivity contribution in [3.63, 3.8) is 0 Å². The van der Waals surface area contributed by atoms with Crippen LogP contribution in [0.15, 0.2) is 48.7 Å². The van der Waals surface area contributed by atoms with E-state index in [-0.39, 0.29) is 6.61 Å². The number of benzene rings is 1. The number of nitrogens with zero attached hydrogens (tertiary/aromatic N) is 3. The Kier molecular flexibility index (Phi) is 4.80. The number of hydrogen-bond acceptors (Lipinski definition) is 6. The van der Waals surface area contributed by atoms with Gasteiger partial charge in [-0.3, -0.25) is 5.32 Å². The maximum absolute atomic E-state index is 11.8. The van der Waals surface area contributed by atoms with E-state index in [4.69, 9.17) is 16.3 Å². The monoisotopic (exact) mass is 346 g/mol. The molecule has 0 aliphatic rings. The molecule has 1 N–H and O–H groups in total. The van der Waals surface area contributed by atoms with Crippen LogP contribution in [0.1, 0.15) is 5.56 Å². The minimum atomic E-state index is -0.589. The van der Waals surface area contributed by atoms with Crippen LogP contribution in [0.2, 0.25) is 5.15 Å². The summed E-state index contributed by atoms with van der Waals surface area (Å²) in [5, 5.41) is 3.18. The number of nitrogens with one attached hydrogen (secondary N) is 1. The van der Waals surface area contributed by atoms with Crippen molar-refractivity contribution in [2.75, 3.05) is 5.32 Å². The summed E-state index contributed by atoms with van der Waals surface area (Å²) in [5.74, 6) is 0.409. The van der Waals surface area contributed by atoms with Gasteiger partial charge in [0.05, 0.1) is 5.56 Å². The molecule has 0 spiro atoms. The Morgan fingerprint density at radius 2 is 2.04 bits per heavy atom. The molecule has 0 aliphatic heterocycles. The van der Waals surface area contributed by atoms with Gasteiger partial charge in [-0.15, -0.1) is 0 Å². The lowest BCUT2D eigenvalue weighted by molar-refractivity contribution is 0.155. The minimum Gasteiger partial charge on any atom is -0.444 e. The van der Waals surface area contributed by atoms with Crippen molar-refractivity contribution in [1.82, 2.24) is 14.3 Å². The summed E-state index contributed by atoms with van der Waals surface area (Å²) >= 11 is 7.04. The molecule has 116 valence electrons. The van der Waals surface area contributed by atoms with E-state index in [0.717, 1.165) is 17.1 Å². The van der Waals surface area contributed by atoms with Crippen LogP contribution in [-0.2, 0) is 11.3 Å². The number of hydrogen-bond donors (Lipinski definition) is 1. The molecule has 3 aromatic rings. The molecule has 8 heteroatoms. The molecule has 0 radical (unpaired) electrons. The highest BCUT2D eigenvalue weighted by Gasteiger charge is 2.13. The van der Waals surface area contributed by atoms with Crippen molar-refractivity contribution in [2.24, 2.45) is 0 Å². The molecule has 3 rings (SSSR count). The smallest absolute Gasteiger partial charge is 0.413 e. The van der Waals surface area contributed by atoms with Crippen LogP contribution in [0.4, 0.5) is 9.93 Å². The van der Waals surface area contributed by atoms with Crippen LogP contribution >= 0.6 is 23.1 Å². The number of carbonyl (C=O) groups is 1. The summed E-state index contributed by atoms with van der Waals surface area (Å²) in [4.78, 5) is 19.9. The number of rotatable bonds is 4. The van der Waals surface area contributed by atoms with E-state index < -0.39 is 6.09 Å². The maximum atomic E-state index is 11.8. The fourth-order valence-electron chi connectivity index (χ4n) is 1.78. The Morgan fingerprint density at radius 1 is 1.22 bits per heavy atom. The van der Waals surface area contributed by atoms with Gasteiger partial charge in [0.1, 0.15) is 11.8 Å². The predicted octanol–water partition coefficient (Wildman–Crippen LogP) is 4.00. The van der Waals surface area contributed by atoms with E-state index in [0.29, 0.717) is 21.7 Å². The molecule has 1 aromatic carbocycles. The Labute approximate surface area is 141 Å². The maximum Gasteiger partial charge on any atom is 0.413 e. The predicted molar refractivity (Wildman–Crippen MR) is 88.4 cm³/mol. The molecule has 0 atom stereocenters. The largest absolute Gasteiger partial charge is 0.444 e. The molecule has 6 nitrogen and oxygen atoms in total. The average Bonchev–Trinajstić information content (AvgIpc) is 3.02. The summed E-state index contributed by atoms with van der Waals surface area (Å²) in [6.07, 6.45) is 0.993. The second-order valence-corrected chi connectivity index (χ2v) is 5.56. The number of aromatic nitrogens is 3. The molecule has 0 bridgehead atoms. The van der Waals surface area contributed by atoms with E-state index >= 15 is 0 Å². The second-order valence-electron chi connectivity index (χ2n) is 4.45. The molecule has 0 unspecified atom stereocenters. The van der Waals surface area contributed by atoms with Gasteiger partial charge >= 0.3 is 6.09 Å². The molecule has 0 saturated heterocycles. The standard InChI is InChI=1S/C15H11ClN4O2S/c16-12-11(7-4-8-17-12)13-18-14(23-20-13)19-15(21)22-9-10-5-2-1-3-6-10/h1-8H,9H2,(H,18,19,20,21). The second kappa shape index (κ2) is 7.17. The normalized spacial score (nSPS) is 10.3. The van der Waals surface area contributed by atoms with Crippen LogP contribution in [0.5, 0.6) is 0 Å². The first-order valence-electron chi connectivity index (χ1n) is 6.64. The zero-order valence-corrected chi connectivity index (χ0v) is 13.3. The van der Waals surface area contributed by atoms with E-state index in [1.807, 2.05) is 30.3 Å². The molecule has 2 heterocycles. The topological polar surface area (TPSA) is 77.0 Å². The van der Waals surface area contributed by atoms with Crippen molar-refractivity contribution in [3.05, 3.63) is 59.4 Å². The Hall–Kier alpha value is -2.51. The van der Waals surface area contributed by atoms with Crippen LogP contribution in [0.25, 0.3) is 11.4 Å². The van der Waals surface area contributed by atoms with Crippen molar-refractivity contribution >= 4 is 34.4 Å². The van der Waals surface area contributed by atoms with Crippen LogP contribution in [-0.4, -0.2) is 20.4 Å². The van der Waals surface area contributed by atoms with Gasteiger partial charge in [0, 0.05) is 17.7 Å². The van der Waals surface area contributed by atoms with E-state index in [1.165, 1.54) is 0 Å².